The average molecular weight is 361 g/mol. The minimum absolute atomic E-state index is 0. The fraction of sp³-hybridized carbons (Fsp3) is 0.474. The Morgan fingerprint density at radius 2 is 2.04 bits per heavy atom. The van der Waals surface area contributed by atoms with Crippen LogP contribution in [0.1, 0.15) is 37.7 Å². The van der Waals surface area contributed by atoms with Crippen LogP contribution >= 0.6 is 12.4 Å². The Balaban J connectivity index is 0.00000182. The van der Waals surface area contributed by atoms with Gasteiger partial charge in [0.15, 0.2) is 0 Å². The predicted molar refractivity (Wildman–Crippen MR) is 99.9 cm³/mol. The normalized spacial score (nSPS) is 24.6. The second kappa shape index (κ2) is 8.02. The molecule has 1 aromatic heterocycles. The largest absolute Gasteiger partial charge is 0.352 e. The molecule has 25 heavy (non-hydrogen) atoms. The lowest BCUT2D eigenvalue weighted by molar-refractivity contribution is -0.122. The van der Waals surface area contributed by atoms with E-state index in [2.05, 4.69) is 21.8 Å². The lowest BCUT2D eigenvalue weighted by Crippen LogP contribution is -2.39. The lowest BCUT2D eigenvalue weighted by atomic mass is 9.89. The number of hydrogen-bond donors (Lipinski definition) is 2. The Labute approximate surface area is 154 Å². The van der Waals surface area contributed by atoms with Crippen molar-refractivity contribution < 1.29 is 4.79 Å². The summed E-state index contributed by atoms with van der Waals surface area (Å²) in [4.78, 5) is 12.3. The summed E-state index contributed by atoms with van der Waals surface area (Å²) in [6.45, 7) is 0.575. The van der Waals surface area contributed by atoms with Crippen molar-refractivity contribution in [1.29, 1.82) is 0 Å². The van der Waals surface area contributed by atoms with Crippen LogP contribution in [0, 0.1) is 5.92 Å². The van der Waals surface area contributed by atoms with Crippen LogP contribution in [0.4, 0.5) is 0 Å². The van der Waals surface area contributed by atoms with Crippen LogP contribution < -0.4 is 10.6 Å². The monoisotopic (exact) mass is 360 g/mol. The van der Waals surface area contributed by atoms with Crippen LogP contribution in [0.3, 0.4) is 0 Å². The number of benzene rings is 1. The molecule has 1 amide bonds. The van der Waals surface area contributed by atoms with E-state index in [9.17, 15) is 4.79 Å². The molecular weight excluding hydrogens is 336 g/mol. The minimum Gasteiger partial charge on any atom is -0.352 e. The smallest absolute Gasteiger partial charge is 0.220 e. The number of rotatable bonds is 5. The van der Waals surface area contributed by atoms with Gasteiger partial charge in [-0.3, -0.25) is 4.79 Å². The highest BCUT2D eigenvalue weighted by molar-refractivity contribution is 5.85. The van der Waals surface area contributed by atoms with E-state index >= 15 is 0 Å². The van der Waals surface area contributed by atoms with Gasteiger partial charge < -0.3 is 10.6 Å². The number of aromatic nitrogens is 2. The van der Waals surface area contributed by atoms with Crippen LogP contribution in [0.5, 0.6) is 0 Å². The number of halogens is 1. The van der Waals surface area contributed by atoms with Gasteiger partial charge in [-0.15, -0.1) is 12.4 Å². The first-order valence-corrected chi connectivity index (χ1v) is 8.88. The molecule has 2 aliphatic heterocycles. The second-order valence-electron chi connectivity index (χ2n) is 7.08. The molecule has 2 saturated heterocycles. The quantitative estimate of drug-likeness (QED) is 0.862. The van der Waals surface area contributed by atoms with Crippen LogP contribution in [0.15, 0.2) is 42.7 Å². The summed E-state index contributed by atoms with van der Waals surface area (Å²) < 4.78 is 1.83. The molecule has 2 N–H and O–H groups in total. The summed E-state index contributed by atoms with van der Waals surface area (Å²) in [5, 5.41) is 11.0. The van der Waals surface area contributed by atoms with Crippen molar-refractivity contribution in [3.8, 4) is 5.69 Å². The van der Waals surface area contributed by atoms with Crippen molar-refractivity contribution >= 4 is 18.3 Å². The van der Waals surface area contributed by atoms with Crippen molar-refractivity contribution in [2.24, 2.45) is 5.92 Å². The number of nitrogens with zero attached hydrogens (tertiary/aromatic N) is 2. The zero-order chi connectivity index (χ0) is 16.4. The highest BCUT2D eigenvalue weighted by Gasteiger charge is 2.34. The summed E-state index contributed by atoms with van der Waals surface area (Å²) in [5.74, 6) is 0.713. The average Bonchev–Trinajstić information content (AvgIpc) is 3.23. The first-order chi connectivity index (χ1) is 11.8. The molecule has 2 bridgehead atoms. The summed E-state index contributed by atoms with van der Waals surface area (Å²) in [6.07, 6.45) is 9.21. The van der Waals surface area contributed by atoms with E-state index < -0.39 is 0 Å². The topological polar surface area (TPSA) is 59.0 Å². The maximum Gasteiger partial charge on any atom is 0.220 e. The fourth-order valence-electron chi connectivity index (χ4n) is 4.11. The highest BCUT2D eigenvalue weighted by Crippen LogP contribution is 2.32. The molecule has 0 saturated carbocycles. The van der Waals surface area contributed by atoms with E-state index in [4.69, 9.17) is 0 Å². The predicted octanol–water partition coefficient (Wildman–Crippen LogP) is 2.83. The zero-order valence-corrected chi connectivity index (χ0v) is 15.0. The van der Waals surface area contributed by atoms with Crippen LogP contribution in [-0.4, -0.2) is 27.8 Å². The van der Waals surface area contributed by atoms with Crippen molar-refractivity contribution in [3.63, 3.8) is 0 Å². The Morgan fingerprint density at radius 3 is 2.76 bits per heavy atom. The molecule has 4 rings (SSSR count). The second-order valence-corrected chi connectivity index (χ2v) is 7.08. The van der Waals surface area contributed by atoms with E-state index in [0.717, 1.165) is 24.1 Å². The number of carbonyl (C=O) groups is 1. The molecule has 0 aliphatic carbocycles. The molecule has 0 radical (unpaired) electrons. The van der Waals surface area contributed by atoms with Crippen LogP contribution in [-0.2, 0) is 11.3 Å². The van der Waals surface area contributed by atoms with Gasteiger partial charge in [0.25, 0.3) is 0 Å². The van der Waals surface area contributed by atoms with Crippen LogP contribution in [0.2, 0.25) is 0 Å². The minimum atomic E-state index is 0. The van der Waals surface area contributed by atoms with Crippen molar-refractivity contribution in [1.82, 2.24) is 20.4 Å². The Bertz CT molecular complexity index is 691. The standard InChI is InChI=1S/C19H24N4O.ClH/c24-19(12-15-9-16-5-6-17(10-15)22-16)20-13-14-3-1-4-18(11-14)23-8-2-7-21-23;/h1-4,7-8,11,15-17,22H,5-6,9-10,12-13H2,(H,20,24);1H. The highest BCUT2D eigenvalue weighted by atomic mass is 35.5. The summed E-state index contributed by atoms with van der Waals surface area (Å²) >= 11 is 0. The SMILES string of the molecule is Cl.O=C(CC1CC2CCC(C1)N2)NCc1cccc(-n2cccn2)c1. The lowest BCUT2D eigenvalue weighted by Gasteiger charge is -2.28. The third-order valence-electron chi connectivity index (χ3n) is 5.21. The number of fused-ring (bicyclic) bond motifs is 2. The van der Waals surface area contributed by atoms with E-state index in [1.807, 2.05) is 35.1 Å². The molecule has 0 spiro atoms. The molecule has 3 heterocycles. The van der Waals surface area contributed by atoms with Crippen LogP contribution in [0.25, 0.3) is 5.69 Å². The van der Waals surface area contributed by atoms with Gasteiger partial charge in [-0.2, -0.15) is 5.10 Å². The molecular formula is C19H25ClN4O. The molecule has 134 valence electrons. The third-order valence-corrected chi connectivity index (χ3v) is 5.21. The molecule has 2 aliphatic rings. The number of carbonyl (C=O) groups excluding carboxylic acids is 1. The molecule has 6 heteroatoms. The first-order valence-electron chi connectivity index (χ1n) is 8.88. The number of nitrogens with one attached hydrogen (secondary N) is 2. The van der Waals surface area contributed by atoms with Gasteiger partial charge in [-0.25, -0.2) is 4.68 Å². The number of piperidine rings is 1. The molecule has 2 fully saturated rings. The molecule has 1 aromatic carbocycles. The van der Waals surface area contributed by atoms with E-state index in [1.54, 1.807) is 6.20 Å². The number of hydrogen-bond acceptors (Lipinski definition) is 3. The van der Waals surface area contributed by atoms with Gasteiger partial charge in [0.2, 0.25) is 5.91 Å². The zero-order valence-electron chi connectivity index (χ0n) is 14.2. The molecule has 5 nitrogen and oxygen atoms in total. The maximum absolute atomic E-state index is 12.3. The van der Waals surface area contributed by atoms with E-state index in [-0.39, 0.29) is 18.3 Å². The molecule has 2 atom stereocenters. The molecule has 2 unspecified atom stereocenters. The fourth-order valence-corrected chi connectivity index (χ4v) is 4.11. The molecule has 2 aromatic rings. The van der Waals surface area contributed by atoms with Gasteiger partial charge in [0.1, 0.15) is 0 Å². The van der Waals surface area contributed by atoms with E-state index in [0.29, 0.717) is 31.0 Å². The summed E-state index contributed by atoms with van der Waals surface area (Å²) in [6, 6.07) is 11.3. The first kappa shape index (κ1) is 18.0. The van der Waals surface area contributed by atoms with Crippen molar-refractivity contribution in [2.75, 3.05) is 0 Å². The summed E-state index contributed by atoms with van der Waals surface area (Å²) in [5.41, 5.74) is 2.11. The Kier molecular flexibility index (Phi) is 5.76. The summed E-state index contributed by atoms with van der Waals surface area (Å²) in [7, 11) is 0. The van der Waals surface area contributed by atoms with E-state index in [1.165, 1.54) is 12.8 Å². The van der Waals surface area contributed by atoms with Crippen molar-refractivity contribution in [3.05, 3.63) is 48.3 Å². The van der Waals surface area contributed by atoms with Gasteiger partial charge >= 0.3 is 0 Å². The maximum atomic E-state index is 12.3. The Morgan fingerprint density at radius 1 is 1.24 bits per heavy atom. The van der Waals surface area contributed by atoms with Gasteiger partial charge in [0, 0.05) is 37.4 Å². The third kappa shape index (κ3) is 4.41. The van der Waals surface area contributed by atoms with Gasteiger partial charge in [-0.05, 0) is 55.4 Å². The Hall–Kier alpha value is -1.85. The van der Waals surface area contributed by atoms with Gasteiger partial charge in [0.05, 0.1) is 5.69 Å². The van der Waals surface area contributed by atoms with Crippen molar-refractivity contribution in [2.45, 2.75) is 50.7 Å². The van der Waals surface area contributed by atoms with Gasteiger partial charge in [-0.1, -0.05) is 12.1 Å². The number of amides is 1.